The van der Waals surface area contributed by atoms with Gasteiger partial charge < -0.3 is 14.6 Å². The van der Waals surface area contributed by atoms with Crippen molar-refractivity contribution in [2.24, 2.45) is 0 Å². The lowest BCUT2D eigenvalue weighted by Gasteiger charge is -2.23. The standard InChI is InChI=1S/C26H28N4O5S/c1-4-6-7-14-35-19-9-8-18(15-20(19)34-5-2)22-21(23(31)17-10-12-27-13-11-17)24(32)25(33)30(22)26-29-28-16(3)36-26/h8-13,15,22,31H,4-7,14H2,1-3H3/b23-21+. The maximum Gasteiger partial charge on any atom is 0.301 e. The number of aliphatic hydroxyl groups excluding tert-OH is 1. The zero-order chi connectivity index (χ0) is 25.7. The van der Waals surface area contributed by atoms with Gasteiger partial charge in [0, 0.05) is 18.0 Å². The number of nitrogens with zero attached hydrogens (tertiary/aromatic N) is 4. The quantitative estimate of drug-likeness (QED) is 0.179. The van der Waals surface area contributed by atoms with Crippen LogP contribution in [-0.2, 0) is 9.59 Å². The van der Waals surface area contributed by atoms with E-state index >= 15 is 0 Å². The van der Waals surface area contributed by atoms with Crippen LogP contribution < -0.4 is 14.4 Å². The lowest BCUT2D eigenvalue weighted by Crippen LogP contribution is -2.29. The molecule has 1 aliphatic heterocycles. The fourth-order valence-electron chi connectivity index (χ4n) is 4.01. The molecule has 4 rings (SSSR count). The van der Waals surface area contributed by atoms with Crippen LogP contribution in [0.15, 0.2) is 48.3 Å². The molecule has 1 N–H and O–H groups in total. The van der Waals surface area contributed by atoms with Gasteiger partial charge in [0.15, 0.2) is 11.5 Å². The number of benzene rings is 1. The van der Waals surface area contributed by atoms with Gasteiger partial charge in [0.05, 0.1) is 24.8 Å². The molecule has 188 valence electrons. The number of pyridine rings is 1. The number of amides is 1. The lowest BCUT2D eigenvalue weighted by molar-refractivity contribution is -0.132. The highest BCUT2D eigenvalue weighted by Crippen LogP contribution is 2.44. The van der Waals surface area contributed by atoms with Crippen molar-refractivity contribution in [2.75, 3.05) is 18.1 Å². The fraction of sp³-hybridized carbons (Fsp3) is 0.346. The van der Waals surface area contributed by atoms with Crippen molar-refractivity contribution in [3.63, 3.8) is 0 Å². The van der Waals surface area contributed by atoms with E-state index < -0.39 is 17.7 Å². The summed E-state index contributed by atoms with van der Waals surface area (Å²) in [5, 5.41) is 20.2. The Bertz CT molecular complexity index is 1270. The average molecular weight is 509 g/mol. The van der Waals surface area contributed by atoms with Crippen LogP contribution in [-0.4, -0.2) is 45.2 Å². The largest absolute Gasteiger partial charge is 0.507 e. The Kier molecular flexibility index (Phi) is 7.94. The summed E-state index contributed by atoms with van der Waals surface area (Å²) in [6.45, 7) is 6.72. The molecule has 1 atom stereocenters. The molecule has 36 heavy (non-hydrogen) atoms. The van der Waals surface area contributed by atoms with Gasteiger partial charge in [-0.3, -0.25) is 19.5 Å². The first-order valence-electron chi connectivity index (χ1n) is 11.9. The first kappa shape index (κ1) is 25.3. The third-order valence-electron chi connectivity index (χ3n) is 5.71. The first-order chi connectivity index (χ1) is 17.5. The van der Waals surface area contributed by atoms with E-state index in [0.29, 0.717) is 40.8 Å². The second kappa shape index (κ2) is 11.3. The van der Waals surface area contributed by atoms with E-state index in [-0.39, 0.29) is 16.5 Å². The Morgan fingerprint density at radius 3 is 2.50 bits per heavy atom. The van der Waals surface area contributed by atoms with E-state index in [1.807, 2.05) is 6.92 Å². The third kappa shape index (κ3) is 5.08. The molecule has 3 aromatic rings. The zero-order valence-corrected chi connectivity index (χ0v) is 21.2. The highest BCUT2D eigenvalue weighted by molar-refractivity contribution is 7.15. The van der Waals surface area contributed by atoms with E-state index in [4.69, 9.17) is 9.47 Å². The Balaban J connectivity index is 1.83. The molecule has 0 spiro atoms. The van der Waals surface area contributed by atoms with Crippen molar-refractivity contribution < 1.29 is 24.2 Å². The van der Waals surface area contributed by atoms with Gasteiger partial charge in [-0.25, -0.2) is 0 Å². The number of aromatic nitrogens is 3. The van der Waals surface area contributed by atoms with Crippen LogP contribution in [0.2, 0.25) is 0 Å². The number of unbranched alkanes of at least 4 members (excludes halogenated alkanes) is 2. The minimum Gasteiger partial charge on any atom is -0.507 e. The fourth-order valence-corrected chi connectivity index (χ4v) is 4.72. The van der Waals surface area contributed by atoms with Gasteiger partial charge in [-0.15, -0.1) is 10.2 Å². The molecule has 1 fully saturated rings. The molecule has 0 radical (unpaired) electrons. The summed E-state index contributed by atoms with van der Waals surface area (Å²) in [6.07, 6.45) is 6.08. The molecule has 1 unspecified atom stereocenters. The van der Waals surface area contributed by atoms with Gasteiger partial charge in [-0.1, -0.05) is 37.2 Å². The number of rotatable bonds is 10. The third-order valence-corrected chi connectivity index (χ3v) is 6.55. The number of ether oxygens (including phenoxy) is 2. The second-order valence-corrected chi connectivity index (χ2v) is 9.36. The molecule has 1 amide bonds. The Hall–Kier alpha value is -3.79. The summed E-state index contributed by atoms with van der Waals surface area (Å²) < 4.78 is 11.8. The van der Waals surface area contributed by atoms with E-state index in [0.717, 1.165) is 19.3 Å². The summed E-state index contributed by atoms with van der Waals surface area (Å²) in [6, 6.07) is 7.51. The number of anilines is 1. The monoisotopic (exact) mass is 508 g/mol. The smallest absolute Gasteiger partial charge is 0.301 e. The average Bonchev–Trinajstić information content (AvgIpc) is 3.43. The maximum absolute atomic E-state index is 13.3. The van der Waals surface area contributed by atoms with Crippen molar-refractivity contribution in [2.45, 2.75) is 46.1 Å². The van der Waals surface area contributed by atoms with Crippen molar-refractivity contribution in [3.05, 3.63) is 64.4 Å². The molecule has 0 bridgehead atoms. The molecular weight excluding hydrogens is 480 g/mol. The van der Waals surface area contributed by atoms with Crippen molar-refractivity contribution in [1.29, 1.82) is 0 Å². The van der Waals surface area contributed by atoms with Gasteiger partial charge in [-0.2, -0.15) is 0 Å². The van der Waals surface area contributed by atoms with Crippen LogP contribution in [0.5, 0.6) is 11.5 Å². The Morgan fingerprint density at radius 1 is 1.06 bits per heavy atom. The summed E-state index contributed by atoms with van der Waals surface area (Å²) in [4.78, 5) is 31.7. The van der Waals surface area contributed by atoms with Gasteiger partial charge in [0.2, 0.25) is 5.13 Å². The van der Waals surface area contributed by atoms with Gasteiger partial charge in [0.25, 0.3) is 5.78 Å². The molecule has 1 saturated heterocycles. The highest BCUT2D eigenvalue weighted by Gasteiger charge is 2.48. The van der Waals surface area contributed by atoms with Crippen molar-refractivity contribution in [3.8, 4) is 11.5 Å². The van der Waals surface area contributed by atoms with E-state index in [1.54, 1.807) is 37.3 Å². The molecule has 3 heterocycles. The number of aliphatic hydroxyl groups is 1. The van der Waals surface area contributed by atoms with Gasteiger partial charge in [-0.05, 0) is 50.1 Å². The predicted molar refractivity (Wildman–Crippen MR) is 136 cm³/mol. The molecular formula is C26H28N4O5S. The molecule has 0 saturated carbocycles. The van der Waals surface area contributed by atoms with Crippen LogP contribution in [0.1, 0.15) is 55.3 Å². The van der Waals surface area contributed by atoms with Crippen LogP contribution in [0.25, 0.3) is 5.76 Å². The molecule has 10 heteroatoms. The van der Waals surface area contributed by atoms with Crippen LogP contribution >= 0.6 is 11.3 Å². The normalized spacial score (nSPS) is 17.0. The first-order valence-corrected chi connectivity index (χ1v) is 12.7. The Morgan fingerprint density at radius 2 is 1.83 bits per heavy atom. The molecule has 1 aliphatic rings. The number of aryl methyl sites for hydroxylation is 1. The second-order valence-electron chi connectivity index (χ2n) is 8.20. The van der Waals surface area contributed by atoms with Crippen LogP contribution in [0.3, 0.4) is 0 Å². The number of carbonyl (C=O) groups is 2. The zero-order valence-electron chi connectivity index (χ0n) is 20.4. The number of hydrogen-bond donors (Lipinski definition) is 1. The van der Waals surface area contributed by atoms with Crippen molar-refractivity contribution >= 4 is 33.9 Å². The SMILES string of the molecule is CCCCCOc1ccc(C2/C(=C(\O)c3ccncc3)C(=O)C(=O)N2c2nnc(C)s2)cc1OCC. The molecule has 0 aliphatic carbocycles. The number of carbonyl (C=O) groups excluding carboxylic acids is 2. The number of hydrogen-bond acceptors (Lipinski definition) is 9. The van der Waals surface area contributed by atoms with Gasteiger partial charge >= 0.3 is 5.91 Å². The predicted octanol–water partition coefficient (Wildman–Crippen LogP) is 4.84. The van der Waals surface area contributed by atoms with Crippen molar-refractivity contribution in [1.82, 2.24) is 15.2 Å². The summed E-state index contributed by atoms with van der Waals surface area (Å²) in [5.74, 6) is -0.809. The van der Waals surface area contributed by atoms with E-state index in [2.05, 4.69) is 22.1 Å². The van der Waals surface area contributed by atoms with Crippen LogP contribution in [0.4, 0.5) is 5.13 Å². The minimum absolute atomic E-state index is 0.0434. The molecule has 2 aromatic heterocycles. The summed E-state index contributed by atoms with van der Waals surface area (Å²) in [5.41, 5.74) is 0.905. The maximum atomic E-state index is 13.3. The number of ketones is 1. The number of Topliss-reactive ketones (excluding diaryl/α,β-unsaturated/α-hetero) is 1. The summed E-state index contributed by atoms with van der Waals surface area (Å²) >= 11 is 1.19. The molecule has 9 nitrogen and oxygen atoms in total. The van der Waals surface area contributed by atoms with Crippen LogP contribution in [0, 0.1) is 6.92 Å². The topological polar surface area (TPSA) is 115 Å². The Labute approximate surface area is 213 Å². The minimum atomic E-state index is -0.932. The van der Waals surface area contributed by atoms with E-state index in [9.17, 15) is 14.7 Å². The summed E-state index contributed by atoms with van der Waals surface area (Å²) in [7, 11) is 0. The van der Waals surface area contributed by atoms with Gasteiger partial charge in [0.1, 0.15) is 10.8 Å². The lowest BCUT2D eigenvalue weighted by atomic mass is 9.95. The van der Waals surface area contributed by atoms with E-state index in [1.165, 1.54) is 28.6 Å². The highest BCUT2D eigenvalue weighted by atomic mass is 32.1. The molecule has 1 aromatic carbocycles.